The molecule has 0 bridgehead atoms. The topological polar surface area (TPSA) is 150 Å². The van der Waals surface area contributed by atoms with E-state index in [-0.39, 0.29) is 12.2 Å². The van der Waals surface area contributed by atoms with Crippen molar-refractivity contribution in [3.63, 3.8) is 0 Å². The summed E-state index contributed by atoms with van der Waals surface area (Å²) < 4.78 is 21.7. The molecule has 2 aromatic rings. The highest BCUT2D eigenvalue weighted by Crippen LogP contribution is 2.29. The molecule has 4 atom stereocenters. The molecule has 0 spiro atoms. The molecule has 204 valence electrons. The molecule has 1 saturated heterocycles. The first-order valence-electron chi connectivity index (χ1n) is 12.1. The second-order valence-electron chi connectivity index (χ2n) is 9.92. The summed E-state index contributed by atoms with van der Waals surface area (Å²) in [5.74, 6) is -4.65. The summed E-state index contributed by atoms with van der Waals surface area (Å²) in [6, 6.07) is 9.01. The number of ether oxygens (including phenoxy) is 4. The highest BCUT2D eigenvalue weighted by atomic mass is 16.6. The van der Waals surface area contributed by atoms with Crippen molar-refractivity contribution < 1.29 is 43.2 Å². The van der Waals surface area contributed by atoms with Crippen LogP contribution in [0.1, 0.15) is 43.7 Å². The number of nitrogens with zero attached hydrogens (tertiary/aromatic N) is 1. The fourth-order valence-corrected chi connectivity index (χ4v) is 3.77. The summed E-state index contributed by atoms with van der Waals surface area (Å²) in [5.41, 5.74) is -0.491. The largest absolute Gasteiger partial charge is 0.503 e. The van der Waals surface area contributed by atoms with Crippen LogP contribution < -0.4 is 10.1 Å². The number of nitrogens with one attached hydrogen (secondary N) is 1. The van der Waals surface area contributed by atoms with Gasteiger partial charge in [-0.2, -0.15) is 0 Å². The van der Waals surface area contributed by atoms with Gasteiger partial charge in [-0.1, -0.05) is 30.3 Å². The van der Waals surface area contributed by atoms with Crippen LogP contribution in [-0.2, 0) is 35.0 Å². The Hall–Kier alpha value is -4.15. The minimum Gasteiger partial charge on any atom is -0.503 e. The van der Waals surface area contributed by atoms with Gasteiger partial charge in [-0.05, 0) is 39.7 Å². The van der Waals surface area contributed by atoms with E-state index in [2.05, 4.69) is 10.3 Å². The van der Waals surface area contributed by atoms with E-state index >= 15 is 0 Å². The van der Waals surface area contributed by atoms with Crippen LogP contribution in [0.2, 0.25) is 0 Å². The van der Waals surface area contributed by atoms with Gasteiger partial charge in [0.1, 0.15) is 18.6 Å². The number of aromatic nitrogens is 1. The number of carbonyl (C=O) groups excluding carboxylic acids is 4. The molecular weight excluding hydrogens is 496 g/mol. The third-order valence-electron chi connectivity index (χ3n) is 5.92. The lowest BCUT2D eigenvalue weighted by atomic mass is 9.90. The molecule has 2 N–H and O–H groups in total. The Kier molecular flexibility index (Phi) is 8.92. The van der Waals surface area contributed by atoms with Crippen molar-refractivity contribution in [2.45, 2.75) is 52.4 Å². The zero-order chi connectivity index (χ0) is 28.0. The Labute approximate surface area is 220 Å². The van der Waals surface area contributed by atoms with Gasteiger partial charge in [0.15, 0.2) is 29.3 Å². The molecule has 4 unspecified atom stereocenters. The Morgan fingerprint density at radius 1 is 1.13 bits per heavy atom. The van der Waals surface area contributed by atoms with Crippen LogP contribution >= 0.6 is 0 Å². The van der Waals surface area contributed by atoms with Crippen molar-refractivity contribution in [1.82, 2.24) is 10.3 Å². The molecule has 0 aliphatic carbocycles. The first-order chi connectivity index (χ1) is 17.9. The molecule has 2 heterocycles. The van der Waals surface area contributed by atoms with E-state index in [1.807, 2.05) is 30.3 Å². The van der Waals surface area contributed by atoms with E-state index in [0.29, 0.717) is 0 Å². The number of benzene rings is 1. The maximum atomic E-state index is 13.3. The molecule has 1 aromatic carbocycles. The number of esters is 3. The van der Waals surface area contributed by atoms with Crippen LogP contribution in [-0.4, -0.2) is 65.9 Å². The first-order valence-corrected chi connectivity index (χ1v) is 12.1. The third-order valence-corrected chi connectivity index (χ3v) is 5.92. The minimum absolute atomic E-state index is 0.00880. The van der Waals surface area contributed by atoms with E-state index in [1.54, 1.807) is 20.8 Å². The maximum Gasteiger partial charge on any atom is 0.332 e. The van der Waals surface area contributed by atoms with Crippen LogP contribution in [0.25, 0.3) is 0 Å². The summed E-state index contributed by atoms with van der Waals surface area (Å²) in [4.78, 5) is 55.8. The van der Waals surface area contributed by atoms with E-state index in [9.17, 15) is 24.3 Å². The number of carbonyl (C=O) groups is 4. The summed E-state index contributed by atoms with van der Waals surface area (Å²) in [6.45, 7) is 5.95. The van der Waals surface area contributed by atoms with Crippen molar-refractivity contribution in [3.05, 3.63) is 53.9 Å². The average Bonchev–Trinajstić information content (AvgIpc) is 2.90. The lowest BCUT2D eigenvalue weighted by Gasteiger charge is -2.31. The number of amides is 1. The molecule has 1 aliphatic heterocycles. The zero-order valence-corrected chi connectivity index (χ0v) is 21.9. The van der Waals surface area contributed by atoms with Crippen molar-refractivity contribution in [2.24, 2.45) is 11.3 Å². The lowest BCUT2D eigenvalue weighted by molar-refractivity contribution is -0.180. The van der Waals surface area contributed by atoms with Gasteiger partial charge in [0.2, 0.25) is 0 Å². The van der Waals surface area contributed by atoms with Gasteiger partial charge in [0.25, 0.3) is 5.91 Å². The molecule has 11 heteroatoms. The third kappa shape index (κ3) is 6.78. The Bertz CT molecular complexity index is 1180. The van der Waals surface area contributed by atoms with Gasteiger partial charge >= 0.3 is 17.9 Å². The molecule has 11 nitrogen and oxygen atoms in total. The Balaban J connectivity index is 1.89. The molecule has 1 aromatic heterocycles. The number of rotatable bonds is 6. The normalized spacial score (nSPS) is 22.1. The molecule has 38 heavy (non-hydrogen) atoms. The molecule has 1 fully saturated rings. The van der Waals surface area contributed by atoms with Crippen LogP contribution in [0.5, 0.6) is 11.5 Å². The van der Waals surface area contributed by atoms with Crippen molar-refractivity contribution in [2.75, 3.05) is 13.7 Å². The average molecular weight is 529 g/mol. The quantitative estimate of drug-likeness (QED) is 0.422. The second-order valence-corrected chi connectivity index (χ2v) is 9.92. The Morgan fingerprint density at radius 2 is 1.82 bits per heavy atom. The van der Waals surface area contributed by atoms with Crippen LogP contribution in [0.15, 0.2) is 42.6 Å². The number of hydrogen-bond acceptors (Lipinski definition) is 10. The maximum absolute atomic E-state index is 13.3. The van der Waals surface area contributed by atoms with Crippen molar-refractivity contribution in [1.29, 1.82) is 0 Å². The zero-order valence-electron chi connectivity index (χ0n) is 21.9. The van der Waals surface area contributed by atoms with Crippen LogP contribution in [0.3, 0.4) is 0 Å². The standard InChI is InChI=1S/C27H32N2O9/c1-15-22(38-26(34)27(2,3)4)17(13-16-9-7-6-8-10-16)24(32)36-14-18(25(33)37-15)29-23(31)20-21(30)19(35-5)11-12-28-20/h6-12,15,17-18,22,30H,13-14H2,1-5H3,(H,29,31). The van der Waals surface area contributed by atoms with Crippen molar-refractivity contribution in [3.8, 4) is 11.5 Å². The van der Waals surface area contributed by atoms with Gasteiger partial charge in [0, 0.05) is 12.3 Å². The van der Waals surface area contributed by atoms with Crippen LogP contribution in [0.4, 0.5) is 0 Å². The van der Waals surface area contributed by atoms with E-state index in [4.69, 9.17) is 18.9 Å². The first kappa shape index (κ1) is 28.4. The van der Waals surface area contributed by atoms with E-state index < -0.39 is 71.4 Å². The predicted molar refractivity (Wildman–Crippen MR) is 133 cm³/mol. The highest BCUT2D eigenvalue weighted by Gasteiger charge is 2.43. The predicted octanol–water partition coefficient (Wildman–Crippen LogP) is 2.20. The van der Waals surface area contributed by atoms with Gasteiger partial charge in [-0.3, -0.25) is 14.4 Å². The highest BCUT2D eigenvalue weighted by molar-refractivity contribution is 5.98. The van der Waals surface area contributed by atoms with Gasteiger partial charge in [-0.25, -0.2) is 9.78 Å². The summed E-state index contributed by atoms with van der Waals surface area (Å²) in [6.07, 6.45) is -0.811. The number of hydrogen-bond donors (Lipinski definition) is 2. The Morgan fingerprint density at radius 3 is 2.45 bits per heavy atom. The number of aromatic hydroxyl groups is 1. The molecule has 1 amide bonds. The van der Waals surface area contributed by atoms with E-state index in [1.165, 1.54) is 26.3 Å². The smallest absolute Gasteiger partial charge is 0.332 e. The molecule has 3 rings (SSSR count). The fourth-order valence-electron chi connectivity index (χ4n) is 3.77. The van der Waals surface area contributed by atoms with Gasteiger partial charge < -0.3 is 29.4 Å². The molecular formula is C27H32N2O9. The number of methoxy groups -OCH3 is 1. The second kappa shape index (κ2) is 11.9. The molecule has 0 radical (unpaired) electrons. The number of cyclic esters (lactones) is 2. The summed E-state index contributed by atoms with van der Waals surface area (Å²) in [7, 11) is 1.31. The van der Waals surface area contributed by atoms with Crippen LogP contribution in [0, 0.1) is 11.3 Å². The number of pyridine rings is 1. The summed E-state index contributed by atoms with van der Waals surface area (Å²) in [5, 5.41) is 12.6. The lowest BCUT2D eigenvalue weighted by Crippen LogP contribution is -2.47. The fraction of sp³-hybridized carbons (Fsp3) is 0.444. The SMILES string of the molecule is COc1ccnc(C(=O)NC2COC(=O)C(Cc3ccccc3)C(OC(=O)C(C)(C)C)C(C)OC2=O)c1O. The van der Waals surface area contributed by atoms with E-state index in [0.717, 1.165) is 5.56 Å². The van der Waals surface area contributed by atoms with Gasteiger partial charge in [-0.15, -0.1) is 0 Å². The molecule has 0 saturated carbocycles. The minimum atomic E-state index is -1.42. The summed E-state index contributed by atoms with van der Waals surface area (Å²) >= 11 is 0. The van der Waals surface area contributed by atoms with Crippen molar-refractivity contribution >= 4 is 23.8 Å². The molecule has 1 aliphatic rings. The van der Waals surface area contributed by atoms with Gasteiger partial charge in [0.05, 0.1) is 12.5 Å². The monoisotopic (exact) mass is 528 g/mol.